The van der Waals surface area contributed by atoms with Gasteiger partial charge in [0.15, 0.2) is 0 Å². The molecule has 0 saturated carbocycles. The summed E-state index contributed by atoms with van der Waals surface area (Å²) in [5, 5.41) is 0. The normalized spacial score (nSPS) is 21.0. The van der Waals surface area contributed by atoms with Crippen molar-refractivity contribution in [1.29, 1.82) is 0 Å². The second-order valence-corrected chi connectivity index (χ2v) is 4.33. The first kappa shape index (κ1) is 10.4. The van der Waals surface area contributed by atoms with Crippen LogP contribution in [0.1, 0.15) is 18.9 Å². The zero-order valence-corrected chi connectivity index (χ0v) is 9.04. The van der Waals surface area contributed by atoms with E-state index in [0.717, 1.165) is 30.8 Å². The van der Waals surface area contributed by atoms with Crippen molar-refractivity contribution in [3.63, 3.8) is 0 Å². The Hall–Kier alpha value is -1.09. The average Bonchev–Trinajstić information content (AvgIpc) is 2.64. The molecule has 0 aromatic heterocycles. The molecule has 82 valence electrons. The summed E-state index contributed by atoms with van der Waals surface area (Å²) in [6.07, 6.45) is 1.15. The molecule has 1 saturated heterocycles. The third kappa shape index (κ3) is 2.12. The van der Waals surface area contributed by atoms with Gasteiger partial charge in [-0.3, -0.25) is 0 Å². The largest absolute Gasteiger partial charge is 0.369 e. The maximum absolute atomic E-state index is 13.7. The molecule has 0 spiro atoms. The lowest BCUT2D eigenvalue weighted by atomic mass is 10.1. The fraction of sp³-hybridized carbons (Fsp3) is 0.500. The maximum atomic E-state index is 13.7. The van der Waals surface area contributed by atoms with Crippen LogP contribution in [0.2, 0.25) is 0 Å². The monoisotopic (exact) mass is 208 g/mol. The van der Waals surface area contributed by atoms with Gasteiger partial charge in [-0.25, -0.2) is 4.39 Å². The Morgan fingerprint density at radius 2 is 2.33 bits per heavy atom. The van der Waals surface area contributed by atoms with Gasteiger partial charge in [-0.2, -0.15) is 0 Å². The fourth-order valence-corrected chi connectivity index (χ4v) is 2.09. The van der Waals surface area contributed by atoms with Gasteiger partial charge in [0, 0.05) is 19.6 Å². The third-order valence-corrected chi connectivity index (χ3v) is 3.01. The lowest BCUT2D eigenvalue weighted by Gasteiger charge is -2.19. The molecule has 1 unspecified atom stereocenters. The molecule has 2 rings (SSSR count). The molecule has 1 aromatic rings. The lowest BCUT2D eigenvalue weighted by molar-refractivity contribution is 0.617. The number of hydrogen-bond donors (Lipinski definition) is 1. The first-order valence-corrected chi connectivity index (χ1v) is 5.44. The molecule has 3 heteroatoms. The second kappa shape index (κ2) is 4.19. The van der Waals surface area contributed by atoms with E-state index in [0.29, 0.717) is 12.5 Å². The van der Waals surface area contributed by atoms with E-state index in [1.807, 2.05) is 12.1 Å². The van der Waals surface area contributed by atoms with Gasteiger partial charge >= 0.3 is 0 Å². The Labute approximate surface area is 89.9 Å². The molecule has 1 aliphatic rings. The summed E-state index contributed by atoms with van der Waals surface area (Å²) < 4.78 is 13.7. The molecule has 2 N–H and O–H groups in total. The van der Waals surface area contributed by atoms with E-state index in [1.165, 1.54) is 0 Å². The summed E-state index contributed by atoms with van der Waals surface area (Å²) in [6, 6.07) is 5.29. The van der Waals surface area contributed by atoms with Crippen LogP contribution in [-0.4, -0.2) is 13.1 Å². The van der Waals surface area contributed by atoms with E-state index in [1.54, 1.807) is 6.07 Å². The van der Waals surface area contributed by atoms with Gasteiger partial charge in [0.05, 0.1) is 5.69 Å². The number of nitrogens with two attached hydrogens (primary N) is 1. The fourth-order valence-electron chi connectivity index (χ4n) is 2.09. The van der Waals surface area contributed by atoms with Gasteiger partial charge in [0.25, 0.3) is 0 Å². The SMILES string of the molecule is CC1CCN(c2ccc(CN)cc2F)C1. The molecule has 1 heterocycles. The van der Waals surface area contributed by atoms with E-state index in [2.05, 4.69) is 11.8 Å². The molecule has 15 heavy (non-hydrogen) atoms. The highest BCUT2D eigenvalue weighted by Gasteiger charge is 2.21. The van der Waals surface area contributed by atoms with Gasteiger partial charge in [0.1, 0.15) is 5.82 Å². The summed E-state index contributed by atoms with van der Waals surface area (Å²) >= 11 is 0. The van der Waals surface area contributed by atoms with Crippen molar-refractivity contribution in [1.82, 2.24) is 0 Å². The van der Waals surface area contributed by atoms with Crippen LogP contribution in [0.5, 0.6) is 0 Å². The highest BCUT2D eigenvalue weighted by Crippen LogP contribution is 2.26. The number of anilines is 1. The lowest BCUT2D eigenvalue weighted by Crippen LogP contribution is -2.20. The van der Waals surface area contributed by atoms with Crippen LogP contribution < -0.4 is 10.6 Å². The molecule has 1 atom stereocenters. The second-order valence-electron chi connectivity index (χ2n) is 4.33. The predicted octanol–water partition coefficient (Wildman–Crippen LogP) is 2.13. The number of hydrogen-bond acceptors (Lipinski definition) is 2. The van der Waals surface area contributed by atoms with Gasteiger partial charge in [-0.1, -0.05) is 13.0 Å². The van der Waals surface area contributed by atoms with Crippen molar-refractivity contribution < 1.29 is 4.39 Å². The summed E-state index contributed by atoms with van der Waals surface area (Å²) in [4.78, 5) is 2.11. The van der Waals surface area contributed by atoms with E-state index in [9.17, 15) is 4.39 Å². The van der Waals surface area contributed by atoms with Crippen LogP contribution in [0.15, 0.2) is 18.2 Å². The van der Waals surface area contributed by atoms with Crippen LogP contribution in [0.25, 0.3) is 0 Å². The minimum Gasteiger partial charge on any atom is -0.369 e. The molecule has 0 amide bonds. The van der Waals surface area contributed by atoms with Gasteiger partial charge in [-0.05, 0) is 30.0 Å². The summed E-state index contributed by atoms with van der Waals surface area (Å²) in [7, 11) is 0. The van der Waals surface area contributed by atoms with Gasteiger partial charge < -0.3 is 10.6 Å². The Morgan fingerprint density at radius 1 is 1.53 bits per heavy atom. The Bertz CT molecular complexity index is 351. The minimum atomic E-state index is -0.146. The number of nitrogens with zero attached hydrogens (tertiary/aromatic N) is 1. The molecule has 2 nitrogen and oxygen atoms in total. The predicted molar refractivity (Wildman–Crippen MR) is 60.3 cm³/mol. The van der Waals surface area contributed by atoms with Crippen LogP contribution in [0.3, 0.4) is 0 Å². The zero-order valence-electron chi connectivity index (χ0n) is 9.04. The summed E-state index contributed by atoms with van der Waals surface area (Å²) in [5.74, 6) is 0.519. The number of benzene rings is 1. The highest BCUT2D eigenvalue weighted by atomic mass is 19.1. The Morgan fingerprint density at radius 3 is 2.87 bits per heavy atom. The van der Waals surface area contributed by atoms with E-state index >= 15 is 0 Å². The number of halogens is 1. The van der Waals surface area contributed by atoms with Crippen molar-refractivity contribution in [3.05, 3.63) is 29.6 Å². The van der Waals surface area contributed by atoms with Crippen LogP contribution in [0, 0.1) is 11.7 Å². The quantitative estimate of drug-likeness (QED) is 0.806. The maximum Gasteiger partial charge on any atom is 0.146 e. The van der Waals surface area contributed by atoms with Gasteiger partial charge in [-0.15, -0.1) is 0 Å². The molecule has 0 aliphatic carbocycles. The molecule has 1 aromatic carbocycles. The minimum absolute atomic E-state index is 0.146. The van der Waals surface area contributed by atoms with E-state index in [4.69, 9.17) is 5.73 Å². The van der Waals surface area contributed by atoms with Crippen LogP contribution in [-0.2, 0) is 6.54 Å². The standard InChI is InChI=1S/C12H17FN2/c1-9-4-5-15(8-9)12-3-2-10(7-14)6-11(12)13/h2-3,6,9H,4-5,7-8,14H2,1H3. The Balaban J connectivity index is 2.21. The van der Waals surface area contributed by atoms with Crippen LogP contribution in [0.4, 0.5) is 10.1 Å². The van der Waals surface area contributed by atoms with Crippen molar-refractivity contribution in [3.8, 4) is 0 Å². The van der Waals surface area contributed by atoms with Crippen molar-refractivity contribution >= 4 is 5.69 Å². The molecular weight excluding hydrogens is 191 g/mol. The molecule has 0 bridgehead atoms. The highest BCUT2D eigenvalue weighted by molar-refractivity contribution is 5.50. The Kier molecular flexibility index (Phi) is 2.91. The first-order valence-electron chi connectivity index (χ1n) is 5.44. The molecular formula is C12H17FN2. The first-order chi connectivity index (χ1) is 7.20. The summed E-state index contributed by atoms with van der Waals surface area (Å²) in [5.41, 5.74) is 7.03. The number of rotatable bonds is 2. The van der Waals surface area contributed by atoms with E-state index in [-0.39, 0.29) is 5.82 Å². The van der Waals surface area contributed by atoms with Crippen molar-refractivity contribution in [2.24, 2.45) is 11.7 Å². The molecule has 1 aliphatic heterocycles. The average molecular weight is 208 g/mol. The smallest absolute Gasteiger partial charge is 0.146 e. The summed E-state index contributed by atoms with van der Waals surface area (Å²) in [6.45, 7) is 4.51. The zero-order chi connectivity index (χ0) is 10.8. The van der Waals surface area contributed by atoms with Gasteiger partial charge in [0.2, 0.25) is 0 Å². The van der Waals surface area contributed by atoms with E-state index < -0.39 is 0 Å². The molecule has 0 radical (unpaired) electrons. The van der Waals surface area contributed by atoms with Crippen LogP contribution >= 0.6 is 0 Å². The van der Waals surface area contributed by atoms with Crippen molar-refractivity contribution in [2.75, 3.05) is 18.0 Å². The molecule has 1 fully saturated rings. The topological polar surface area (TPSA) is 29.3 Å². The van der Waals surface area contributed by atoms with Crippen molar-refractivity contribution in [2.45, 2.75) is 19.9 Å². The third-order valence-electron chi connectivity index (χ3n) is 3.01.